The van der Waals surface area contributed by atoms with Crippen LogP contribution in [0.1, 0.15) is 45.1 Å². The molecule has 0 aliphatic carbocycles. The van der Waals surface area contributed by atoms with Crippen molar-refractivity contribution in [3.63, 3.8) is 0 Å². The van der Waals surface area contributed by atoms with Crippen LogP contribution in [0.25, 0.3) is 5.57 Å². The molecule has 1 saturated heterocycles. The number of imide groups is 1. The van der Waals surface area contributed by atoms with E-state index < -0.39 is 0 Å². The summed E-state index contributed by atoms with van der Waals surface area (Å²) in [6.45, 7) is 6.42. The first kappa shape index (κ1) is 20.4. The predicted molar refractivity (Wildman–Crippen MR) is 108 cm³/mol. The number of likely N-dealkylation sites (tertiary alicyclic amines) is 1. The van der Waals surface area contributed by atoms with Gasteiger partial charge in [-0.05, 0) is 49.8 Å². The second-order valence-corrected chi connectivity index (χ2v) is 7.43. The number of carbonyl (C=O) groups excluding carboxylic acids is 2. The standard InChI is InChI=1S/C22H30N2O4/c1-3-5-13-24-21(26)19(17-8-10-18(11-9-17)28-4-2)20(22(24)27)23-12-6-7-16(14-23)15-25/h8-11,16,25H,3-7,12-15H2,1-2H3. The molecule has 0 spiro atoms. The van der Waals surface area contributed by atoms with E-state index in [1.165, 1.54) is 4.90 Å². The third-order valence-corrected chi connectivity index (χ3v) is 5.43. The number of aliphatic hydroxyl groups is 1. The normalized spacial score (nSPS) is 20.3. The summed E-state index contributed by atoms with van der Waals surface area (Å²) in [5.41, 5.74) is 1.70. The third kappa shape index (κ3) is 4.07. The molecule has 0 aromatic heterocycles. The fourth-order valence-electron chi connectivity index (χ4n) is 3.94. The molecule has 1 fully saturated rings. The molecule has 6 nitrogen and oxygen atoms in total. The van der Waals surface area contributed by atoms with Crippen molar-refractivity contribution in [2.45, 2.75) is 39.5 Å². The third-order valence-electron chi connectivity index (χ3n) is 5.43. The Morgan fingerprint density at radius 1 is 1.14 bits per heavy atom. The van der Waals surface area contributed by atoms with Crippen LogP contribution in [0.4, 0.5) is 0 Å². The summed E-state index contributed by atoms with van der Waals surface area (Å²) in [7, 11) is 0. The summed E-state index contributed by atoms with van der Waals surface area (Å²) in [6.07, 6.45) is 3.56. The van der Waals surface area contributed by atoms with Crippen molar-refractivity contribution < 1.29 is 19.4 Å². The van der Waals surface area contributed by atoms with E-state index in [9.17, 15) is 14.7 Å². The number of hydrogen-bond donors (Lipinski definition) is 1. The van der Waals surface area contributed by atoms with Gasteiger partial charge in [0.2, 0.25) is 0 Å². The van der Waals surface area contributed by atoms with E-state index in [1.54, 1.807) is 0 Å². The van der Waals surface area contributed by atoms with Crippen molar-refractivity contribution in [2.75, 3.05) is 32.8 Å². The molecular weight excluding hydrogens is 356 g/mol. The van der Waals surface area contributed by atoms with E-state index in [-0.39, 0.29) is 24.3 Å². The zero-order valence-corrected chi connectivity index (χ0v) is 16.8. The van der Waals surface area contributed by atoms with E-state index >= 15 is 0 Å². The molecule has 0 bridgehead atoms. The van der Waals surface area contributed by atoms with Gasteiger partial charge in [0.25, 0.3) is 11.8 Å². The molecule has 0 saturated carbocycles. The van der Waals surface area contributed by atoms with E-state index in [0.29, 0.717) is 31.0 Å². The molecule has 2 aliphatic heterocycles. The van der Waals surface area contributed by atoms with Crippen LogP contribution < -0.4 is 4.74 Å². The lowest BCUT2D eigenvalue weighted by Gasteiger charge is -2.34. The summed E-state index contributed by atoms with van der Waals surface area (Å²) in [4.78, 5) is 29.7. The number of piperidine rings is 1. The van der Waals surface area contributed by atoms with Crippen LogP contribution >= 0.6 is 0 Å². The van der Waals surface area contributed by atoms with E-state index in [4.69, 9.17) is 4.74 Å². The maximum atomic E-state index is 13.2. The molecule has 1 unspecified atom stereocenters. The predicted octanol–water partition coefficient (Wildman–Crippen LogP) is 2.67. The summed E-state index contributed by atoms with van der Waals surface area (Å²) in [6, 6.07) is 7.37. The van der Waals surface area contributed by atoms with Gasteiger partial charge in [-0.1, -0.05) is 25.5 Å². The molecule has 6 heteroatoms. The average molecular weight is 386 g/mol. The van der Waals surface area contributed by atoms with Crippen LogP contribution in [-0.4, -0.2) is 59.6 Å². The Balaban J connectivity index is 1.98. The molecule has 152 valence electrons. The second-order valence-electron chi connectivity index (χ2n) is 7.43. The molecule has 1 aromatic carbocycles. The Bertz CT molecular complexity index is 741. The number of amides is 2. The summed E-state index contributed by atoms with van der Waals surface area (Å²) in [5, 5.41) is 9.58. The fourth-order valence-corrected chi connectivity index (χ4v) is 3.94. The number of carbonyl (C=O) groups is 2. The van der Waals surface area contributed by atoms with Crippen molar-refractivity contribution in [1.29, 1.82) is 0 Å². The Hall–Kier alpha value is -2.34. The summed E-state index contributed by atoms with van der Waals surface area (Å²) >= 11 is 0. The van der Waals surface area contributed by atoms with Crippen LogP contribution in [0.5, 0.6) is 5.75 Å². The van der Waals surface area contributed by atoms with Gasteiger partial charge in [0.15, 0.2) is 0 Å². The molecular formula is C22H30N2O4. The highest BCUT2D eigenvalue weighted by molar-refractivity contribution is 6.35. The lowest BCUT2D eigenvalue weighted by molar-refractivity contribution is -0.137. The Kier molecular flexibility index (Phi) is 6.73. The number of nitrogens with zero attached hydrogens (tertiary/aromatic N) is 2. The van der Waals surface area contributed by atoms with Gasteiger partial charge < -0.3 is 14.7 Å². The van der Waals surface area contributed by atoms with Gasteiger partial charge in [-0.25, -0.2) is 0 Å². The van der Waals surface area contributed by atoms with Gasteiger partial charge >= 0.3 is 0 Å². The number of hydrogen-bond acceptors (Lipinski definition) is 5. The molecule has 3 rings (SSSR count). The smallest absolute Gasteiger partial charge is 0.277 e. The molecule has 1 atom stereocenters. The van der Waals surface area contributed by atoms with Crippen molar-refractivity contribution >= 4 is 17.4 Å². The number of aliphatic hydroxyl groups excluding tert-OH is 1. The molecule has 2 heterocycles. The number of unbranched alkanes of at least 4 members (excludes halogenated alkanes) is 1. The Labute approximate surface area is 166 Å². The van der Waals surface area contributed by atoms with Gasteiger partial charge in [0, 0.05) is 26.2 Å². The topological polar surface area (TPSA) is 70.1 Å². The average Bonchev–Trinajstić information content (AvgIpc) is 2.97. The minimum absolute atomic E-state index is 0.101. The van der Waals surface area contributed by atoms with E-state index in [1.807, 2.05) is 43.0 Å². The lowest BCUT2D eigenvalue weighted by atomic mass is 9.97. The van der Waals surface area contributed by atoms with Gasteiger partial charge in [-0.2, -0.15) is 0 Å². The Morgan fingerprint density at radius 3 is 2.54 bits per heavy atom. The number of rotatable bonds is 8. The maximum Gasteiger partial charge on any atom is 0.277 e. The van der Waals surface area contributed by atoms with Gasteiger partial charge in [-0.3, -0.25) is 14.5 Å². The molecule has 2 amide bonds. The van der Waals surface area contributed by atoms with E-state index in [0.717, 1.165) is 43.5 Å². The van der Waals surface area contributed by atoms with Crippen LogP contribution in [0.2, 0.25) is 0 Å². The first-order chi connectivity index (χ1) is 13.6. The molecule has 1 N–H and O–H groups in total. The minimum Gasteiger partial charge on any atom is -0.494 e. The quantitative estimate of drug-likeness (QED) is 0.696. The van der Waals surface area contributed by atoms with Crippen LogP contribution in [0.15, 0.2) is 30.0 Å². The first-order valence-electron chi connectivity index (χ1n) is 10.3. The number of ether oxygens (including phenoxy) is 1. The van der Waals surface area contributed by atoms with Crippen LogP contribution in [0, 0.1) is 5.92 Å². The van der Waals surface area contributed by atoms with Gasteiger partial charge in [-0.15, -0.1) is 0 Å². The fraction of sp³-hybridized carbons (Fsp3) is 0.545. The molecule has 1 aromatic rings. The zero-order valence-electron chi connectivity index (χ0n) is 16.8. The summed E-state index contributed by atoms with van der Waals surface area (Å²) in [5.74, 6) is 0.450. The minimum atomic E-state index is -0.219. The van der Waals surface area contributed by atoms with Crippen molar-refractivity contribution in [2.24, 2.45) is 5.92 Å². The van der Waals surface area contributed by atoms with Crippen molar-refractivity contribution in [3.05, 3.63) is 35.5 Å². The van der Waals surface area contributed by atoms with Crippen LogP contribution in [0.3, 0.4) is 0 Å². The molecule has 28 heavy (non-hydrogen) atoms. The Morgan fingerprint density at radius 2 is 1.89 bits per heavy atom. The molecule has 2 aliphatic rings. The second kappa shape index (κ2) is 9.24. The highest BCUT2D eigenvalue weighted by Crippen LogP contribution is 2.34. The monoisotopic (exact) mass is 386 g/mol. The molecule has 0 radical (unpaired) electrons. The van der Waals surface area contributed by atoms with E-state index in [2.05, 4.69) is 0 Å². The highest BCUT2D eigenvalue weighted by Gasteiger charge is 2.42. The van der Waals surface area contributed by atoms with Gasteiger partial charge in [0.1, 0.15) is 11.4 Å². The lowest BCUT2D eigenvalue weighted by Crippen LogP contribution is -2.40. The van der Waals surface area contributed by atoms with Crippen molar-refractivity contribution in [3.8, 4) is 5.75 Å². The van der Waals surface area contributed by atoms with Crippen molar-refractivity contribution in [1.82, 2.24) is 9.80 Å². The maximum absolute atomic E-state index is 13.2. The largest absolute Gasteiger partial charge is 0.494 e. The number of benzene rings is 1. The zero-order chi connectivity index (χ0) is 20.1. The van der Waals surface area contributed by atoms with Gasteiger partial charge in [0.05, 0.1) is 12.2 Å². The summed E-state index contributed by atoms with van der Waals surface area (Å²) < 4.78 is 5.50. The van der Waals surface area contributed by atoms with Crippen LogP contribution in [-0.2, 0) is 9.59 Å². The SMILES string of the molecule is CCCCN1C(=O)C(c2ccc(OCC)cc2)=C(N2CCCC(CO)C2)C1=O. The highest BCUT2D eigenvalue weighted by atomic mass is 16.5. The first-order valence-corrected chi connectivity index (χ1v) is 10.3.